The Kier molecular flexibility index (Phi) is 4.32. The molecule has 1 fully saturated rings. The van der Waals surface area contributed by atoms with E-state index >= 15 is 0 Å². The molecule has 110 valence electrons. The lowest BCUT2D eigenvalue weighted by Gasteiger charge is -2.14. The summed E-state index contributed by atoms with van der Waals surface area (Å²) in [4.78, 5) is 11.7. The van der Waals surface area contributed by atoms with Crippen molar-refractivity contribution in [1.82, 2.24) is 10.6 Å². The van der Waals surface area contributed by atoms with Crippen LogP contribution < -0.4 is 10.6 Å². The van der Waals surface area contributed by atoms with Crippen molar-refractivity contribution in [3.05, 3.63) is 35.4 Å². The van der Waals surface area contributed by atoms with Gasteiger partial charge in [-0.25, -0.2) is 0 Å². The molecular weight excluding hydrogens is 269 g/mol. The minimum Gasteiger partial charge on any atom is -0.352 e. The van der Waals surface area contributed by atoms with Crippen LogP contribution in [0.4, 0.5) is 13.2 Å². The van der Waals surface area contributed by atoms with Crippen LogP contribution in [0.25, 0.3) is 0 Å². The zero-order valence-corrected chi connectivity index (χ0v) is 11.1. The fourth-order valence-corrected chi connectivity index (χ4v) is 1.73. The van der Waals surface area contributed by atoms with E-state index in [1.807, 2.05) is 0 Å². The molecule has 1 unspecified atom stereocenters. The predicted molar refractivity (Wildman–Crippen MR) is 68.9 cm³/mol. The number of alkyl halides is 3. The van der Waals surface area contributed by atoms with Gasteiger partial charge in [0.1, 0.15) is 0 Å². The van der Waals surface area contributed by atoms with Gasteiger partial charge in [0.2, 0.25) is 5.91 Å². The van der Waals surface area contributed by atoms with E-state index in [4.69, 9.17) is 0 Å². The van der Waals surface area contributed by atoms with Gasteiger partial charge < -0.3 is 10.6 Å². The second-order valence-corrected chi connectivity index (χ2v) is 5.08. The van der Waals surface area contributed by atoms with Crippen LogP contribution in [0, 0.1) is 0 Å². The summed E-state index contributed by atoms with van der Waals surface area (Å²) >= 11 is 0. The number of rotatable bonds is 5. The van der Waals surface area contributed by atoms with Gasteiger partial charge in [-0.15, -0.1) is 0 Å². The van der Waals surface area contributed by atoms with Crippen LogP contribution in [-0.2, 0) is 17.5 Å². The average molecular weight is 286 g/mol. The maximum atomic E-state index is 12.4. The highest BCUT2D eigenvalue weighted by Gasteiger charge is 2.30. The second-order valence-electron chi connectivity index (χ2n) is 5.08. The van der Waals surface area contributed by atoms with E-state index < -0.39 is 11.7 Å². The minimum atomic E-state index is -4.32. The first-order valence-corrected chi connectivity index (χ1v) is 6.56. The number of hydrogen-bond donors (Lipinski definition) is 2. The fraction of sp³-hybridized carbons (Fsp3) is 0.500. The second kappa shape index (κ2) is 5.83. The first-order valence-electron chi connectivity index (χ1n) is 6.56. The highest BCUT2D eigenvalue weighted by Crippen LogP contribution is 2.29. The summed E-state index contributed by atoms with van der Waals surface area (Å²) in [5.74, 6) is -0.0700. The highest BCUT2D eigenvalue weighted by atomic mass is 19.4. The van der Waals surface area contributed by atoms with Crippen LogP contribution in [0.15, 0.2) is 24.3 Å². The van der Waals surface area contributed by atoms with Crippen LogP contribution >= 0.6 is 0 Å². The Bertz CT molecular complexity index is 466. The Morgan fingerprint density at radius 2 is 1.90 bits per heavy atom. The van der Waals surface area contributed by atoms with Gasteiger partial charge in [0.25, 0.3) is 0 Å². The monoisotopic (exact) mass is 286 g/mol. The summed E-state index contributed by atoms with van der Waals surface area (Å²) in [5.41, 5.74) is 0.0462. The Morgan fingerprint density at radius 3 is 2.40 bits per heavy atom. The number of hydrogen-bond acceptors (Lipinski definition) is 2. The molecule has 1 aliphatic carbocycles. The van der Waals surface area contributed by atoms with E-state index in [-0.39, 0.29) is 11.9 Å². The van der Waals surface area contributed by atoms with Crippen LogP contribution in [0.2, 0.25) is 0 Å². The maximum Gasteiger partial charge on any atom is 0.416 e. The average Bonchev–Trinajstić information content (AvgIpc) is 3.19. The van der Waals surface area contributed by atoms with Crippen molar-refractivity contribution >= 4 is 5.91 Å². The molecule has 6 heteroatoms. The molecule has 1 saturated carbocycles. The summed E-state index contributed by atoms with van der Waals surface area (Å²) < 4.78 is 37.2. The lowest BCUT2D eigenvalue weighted by Crippen LogP contribution is -2.42. The summed E-state index contributed by atoms with van der Waals surface area (Å²) in [6.07, 6.45) is -2.27. The van der Waals surface area contributed by atoms with Crippen molar-refractivity contribution in [2.45, 2.75) is 44.6 Å². The summed E-state index contributed by atoms with van der Waals surface area (Å²) in [6, 6.07) is 4.87. The van der Waals surface area contributed by atoms with Crippen LogP contribution in [-0.4, -0.2) is 18.0 Å². The lowest BCUT2D eigenvalue weighted by atomic mass is 10.1. The van der Waals surface area contributed by atoms with E-state index in [9.17, 15) is 18.0 Å². The molecule has 0 radical (unpaired) electrons. The molecule has 1 atom stereocenters. The molecule has 1 aliphatic rings. The van der Waals surface area contributed by atoms with Crippen LogP contribution in [0.3, 0.4) is 0 Å². The Morgan fingerprint density at radius 1 is 1.30 bits per heavy atom. The zero-order chi connectivity index (χ0) is 14.8. The van der Waals surface area contributed by atoms with Crippen molar-refractivity contribution in [3.8, 4) is 0 Å². The lowest BCUT2D eigenvalue weighted by molar-refractivity contribution is -0.137. The number of halogens is 3. The maximum absolute atomic E-state index is 12.4. The van der Waals surface area contributed by atoms with Gasteiger partial charge in [-0.05, 0) is 37.5 Å². The molecule has 0 heterocycles. The predicted octanol–water partition coefficient (Wildman–Crippen LogP) is 2.46. The van der Waals surface area contributed by atoms with Crippen LogP contribution in [0.1, 0.15) is 30.9 Å². The van der Waals surface area contributed by atoms with E-state index in [1.165, 1.54) is 12.1 Å². The topological polar surface area (TPSA) is 41.1 Å². The highest BCUT2D eigenvalue weighted by molar-refractivity contribution is 5.81. The molecular formula is C14H17F3N2O. The van der Waals surface area contributed by atoms with E-state index in [2.05, 4.69) is 10.6 Å². The van der Waals surface area contributed by atoms with E-state index in [0.717, 1.165) is 25.0 Å². The molecule has 2 rings (SSSR count). The molecule has 0 saturated heterocycles. The van der Waals surface area contributed by atoms with Crippen LogP contribution in [0.5, 0.6) is 0 Å². The quantitative estimate of drug-likeness (QED) is 0.873. The first kappa shape index (κ1) is 14.8. The molecule has 1 aromatic rings. The van der Waals surface area contributed by atoms with Gasteiger partial charge in [-0.3, -0.25) is 4.79 Å². The van der Waals surface area contributed by atoms with Crippen molar-refractivity contribution in [2.75, 3.05) is 0 Å². The third kappa shape index (κ3) is 4.23. The fourth-order valence-electron chi connectivity index (χ4n) is 1.73. The Hall–Kier alpha value is -1.56. The normalized spacial score (nSPS) is 16.8. The van der Waals surface area contributed by atoms with Crippen molar-refractivity contribution < 1.29 is 18.0 Å². The number of nitrogens with one attached hydrogen (secondary N) is 2. The summed E-state index contributed by atoms with van der Waals surface area (Å²) in [5, 5.41) is 5.87. The van der Waals surface area contributed by atoms with Crippen molar-refractivity contribution in [2.24, 2.45) is 0 Å². The Balaban J connectivity index is 1.82. The summed E-state index contributed by atoms with van der Waals surface area (Å²) in [6.45, 7) is 2.10. The van der Waals surface area contributed by atoms with Crippen molar-refractivity contribution in [1.29, 1.82) is 0 Å². The minimum absolute atomic E-state index is 0.0700. The van der Waals surface area contributed by atoms with Gasteiger partial charge in [0, 0.05) is 12.6 Å². The van der Waals surface area contributed by atoms with Gasteiger partial charge >= 0.3 is 6.18 Å². The Labute approximate surface area is 115 Å². The number of benzene rings is 1. The molecule has 1 aromatic carbocycles. The van der Waals surface area contributed by atoms with Gasteiger partial charge in [0.15, 0.2) is 0 Å². The molecule has 0 bridgehead atoms. The molecule has 2 N–H and O–H groups in total. The standard InChI is InChI=1S/C14H17F3N2O/c1-9(13(20)19-12-6-7-12)18-8-10-2-4-11(5-3-10)14(15,16)17/h2-5,9,12,18H,6-8H2,1H3,(H,19,20). The van der Waals surface area contributed by atoms with Gasteiger partial charge in [-0.1, -0.05) is 12.1 Å². The molecule has 0 aromatic heterocycles. The number of amides is 1. The molecule has 1 amide bonds. The van der Waals surface area contributed by atoms with Gasteiger partial charge in [-0.2, -0.15) is 13.2 Å². The van der Waals surface area contributed by atoms with Crippen molar-refractivity contribution in [3.63, 3.8) is 0 Å². The SMILES string of the molecule is CC(NCc1ccc(C(F)(F)F)cc1)C(=O)NC1CC1. The summed E-state index contributed by atoms with van der Waals surface area (Å²) in [7, 11) is 0. The number of carbonyl (C=O) groups is 1. The molecule has 3 nitrogen and oxygen atoms in total. The third-order valence-electron chi connectivity index (χ3n) is 3.21. The number of carbonyl (C=O) groups excluding carboxylic acids is 1. The smallest absolute Gasteiger partial charge is 0.352 e. The van der Waals surface area contributed by atoms with E-state index in [1.54, 1.807) is 6.92 Å². The zero-order valence-electron chi connectivity index (χ0n) is 11.1. The molecule has 0 aliphatic heterocycles. The van der Waals surface area contributed by atoms with Gasteiger partial charge in [0.05, 0.1) is 11.6 Å². The first-order chi connectivity index (χ1) is 9.36. The largest absolute Gasteiger partial charge is 0.416 e. The molecule has 0 spiro atoms. The van der Waals surface area contributed by atoms with E-state index in [0.29, 0.717) is 18.2 Å². The third-order valence-corrected chi connectivity index (χ3v) is 3.21. The molecule has 20 heavy (non-hydrogen) atoms.